The Labute approximate surface area is 148 Å². The molecule has 1 aliphatic heterocycles. The molecule has 0 saturated carbocycles. The second-order valence-corrected chi connectivity index (χ2v) is 6.20. The maximum Gasteiger partial charge on any atom is 0.251 e. The smallest absolute Gasteiger partial charge is 0.251 e. The van der Waals surface area contributed by atoms with Crippen LogP contribution in [0.2, 0.25) is 0 Å². The number of nitrogens with one attached hydrogen (secondary N) is 1. The van der Waals surface area contributed by atoms with E-state index >= 15 is 0 Å². The molecule has 1 fully saturated rings. The average molecular weight is 340 g/mol. The molecule has 3 N–H and O–H groups in total. The van der Waals surface area contributed by atoms with E-state index in [1.807, 2.05) is 42.5 Å². The highest BCUT2D eigenvalue weighted by molar-refractivity contribution is 5.94. The Morgan fingerprint density at radius 1 is 1.24 bits per heavy atom. The molecule has 0 spiro atoms. The van der Waals surface area contributed by atoms with Crippen molar-refractivity contribution in [3.05, 3.63) is 65.7 Å². The normalized spacial score (nSPS) is 17.9. The number of carbonyl (C=O) groups excluding carboxylic acids is 1. The Bertz CT molecular complexity index is 684. The van der Waals surface area contributed by atoms with E-state index in [4.69, 9.17) is 15.2 Å². The van der Waals surface area contributed by atoms with Crippen molar-refractivity contribution in [2.24, 2.45) is 5.73 Å². The van der Waals surface area contributed by atoms with Crippen LogP contribution in [-0.2, 0) is 4.74 Å². The second kappa shape index (κ2) is 8.65. The van der Waals surface area contributed by atoms with E-state index in [2.05, 4.69) is 5.32 Å². The third kappa shape index (κ3) is 5.05. The SMILES string of the molecule is NC(CNC(=O)c1cccc(OCC2CCCO2)c1)c1ccccc1. The summed E-state index contributed by atoms with van der Waals surface area (Å²) in [6.45, 7) is 1.70. The van der Waals surface area contributed by atoms with Gasteiger partial charge >= 0.3 is 0 Å². The molecule has 3 rings (SSSR count). The standard InChI is InChI=1S/C20H24N2O3/c21-19(15-6-2-1-3-7-15)13-22-20(23)16-8-4-9-17(12-16)25-14-18-10-5-11-24-18/h1-4,6-9,12,18-19H,5,10-11,13-14,21H2,(H,22,23). The van der Waals surface area contributed by atoms with Crippen LogP contribution in [0, 0.1) is 0 Å². The minimum Gasteiger partial charge on any atom is -0.491 e. The van der Waals surface area contributed by atoms with Gasteiger partial charge in [-0.1, -0.05) is 36.4 Å². The van der Waals surface area contributed by atoms with Crippen LogP contribution in [0.15, 0.2) is 54.6 Å². The van der Waals surface area contributed by atoms with Crippen LogP contribution in [-0.4, -0.2) is 31.8 Å². The molecule has 1 aliphatic rings. The molecule has 0 aliphatic carbocycles. The fourth-order valence-electron chi connectivity index (χ4n) is 2.81. The van der Waals surface area contributed by atoms with E-state index in [1.165, 1.54) is 0 Å². The Morgan fingerprint density at radius 3 is 2.84 bits per heavy atom. The Hall–Kier alpha value is -2.37. The van der Waals surface area contributed by atoms with E-state index in [-0.39, 0.29) is 18.1 Å². The van der Waals surface area contributed by atoms with Gasteiger partial charge < -0.3 is 20.5 Å². The van der Waals surface area contributed by atoms with Gasteiger partial charge in [0.1, 0.15) is 12.4 Å². The average Bonchev–Trinajstić information content (AvgIpc) is 3.19. The van der Waals surface area contributed by atoms with E-state index < -0.39 is 0 Å². The minimum atomic E-state index is -0.232. The zero-order valence-corrected chi connectivity index (χ0v) is 14.2. The fourth-order valence-corrected chi connectivity index (χ4v) is 2.81. The molecule has 132 valence electrons. The van der Waals surface area contributed by atoms with Crippen molar-refractivity contribution < 1.29 is 14.3 Å². The van der Waals surface area contributed by atoms with Crippen LogP contribution in [0.4, 0.5) is 0 Å². The van der Waals surface area contributed by atoms with Gasteiger partial charge in [-0.25, -0.2) is 0 Å². The molecule has 5 nitrogen and oxygen atoms in total. The molecule has 2 unspecified atom stereocenters. The predicted octanol–water partition coefficient (Wildman–Crippen LogP) is 2.67. The van der Waals surface area contributed by atoms with E-state index in [0.29, 0.717) is 24.5 Å². The topological polar surface area (TPSA) is 73.6 Å². The van der Waals surface area contributed by atoms with Crippen LogP contribution >= 0.6 is 0 Å². The van der Waals surface area contributed by atoms with Crippen molar-refractivity contribution in [2.75, 3.05) is 19.8 Å². The van der Waals surface area contributed by atoms with Crippen molar-refractivity contribution in [1.82, 2.24) is 5.32 Å². The Morgan fingerprint density at radius 2 is 2.08 bits per heavy atom. The first-order chi connectivity index (χ1) is 12.2. The molecule has 1 amide bonds. The molecular formula is C20H24N2O3. The van der Waals surface area contributed by atoms with Crippen LogP contribution < -0.4 is 15.8 Å². The summed E-state index contributed by atoms with van der Waals surface area (Å²) in [5, 5.41) is 2.88. The molecule has 25 heavy (non-hydrogen) atoms. The van der Waals surface area contributed by atoms with Gasteiger partial charge in [0.15, 0.2) is 0 Å². The van der Waals surface area contributed by atoms with E-state index in [1.54, 1.807) is 12.1 Å². The summed E-state index contributed by atoms with van der Waals surface area (Å²) >= 11 is 0. The first-order valence-electron chi connectivity index (χ1n) is 8.65. The summed E-state index contributed by atoms with van der Waals surface area (Å²) in [5.41, 5.74) is 7.67. The highest BCUT2D eigenvalue weighted by Gasteiger charge is 2.16. The monoisotopic (exact) mass is 340 g/mol. The van der Waals surface area contributed by atoms with E-state index in [9.17, 15) is 4.79 Å². The fraction of sp³-hybridized carbons (Fsp3) is 0.350. The lowest BCUT2D eigenvalue weighted by Gasteiger charge is -2.14. The van der Waals surface area contributed by atoms with Gasteiger partial charge in [-0.15, -0.1) is 0 Å². The van der Waals surface area contributed by atoms with Gasteiger partial charge in [-0.3, -0.25) is 4.79 Å². The summed E-state index contributed by atoms with van der Waals surface area (Å²) in [6, 6.07) is 16.7. The van der Waals surface area contributed by atoms with Gasteiger partial charge in [-0.2, -0.15) is 0 Å². The number of rotatable bonds is 7. The van der Waals surface area contributed by atoms with Crippen molar-refractivity contribution in [3.8, 4) is 5.75 Å². The Kier molecular flexibility index (Phi) is 6.04. The number of hydrogen-bond donors (Lipinski definition) is 2. The summed E-state index contributed by atoms with van der Waals surface area (Å²) in [5.74, 6) is 0.518. The summed E-state index contributed by atoms with van der Waals surface area (Å²) in [4.78, 5) is 12.3. The lowest BCUT2D eigenvalue weighted by atomic mass is 10.1. The predicted molar refractivity (Wildman–Crippen MR) is 96.6 cm³/mol. The molecule has 0 bridgehead atoms. The van der Waals surface area contributed by atoms with Crippen molar-refractivity contribution in [1.29, 1.82) is 0 Å². The quantitative estimate of drug-likeness (QED) is 0.813. The number of amides is 1. The summed E-state index contributed by atoms with van der Waals surface area (Å²) in [7, 11) is 0. The zero-order chi connectivity index (χ0) is 17.5. The maximum absolute atomic E-state index is 12.3. The first-order valence-corrected chi connectivity index (χ1v) is 8.65. The van der Waals surface area contributed by atoms with Gasteiger partial charge in [0.2, 0.25) is 0 Å². The lowest BCUT2D eigenvalue weighted by molar-refractivity contribution is 0.0679. The van der Waals surface area contributed by atoms with Gasteiger partial charge in [0, 0.05) is 24.8 Å². The van der Waals surface area contributed by atoms with Crippen LogP contribution in [0.25, 0.3) is 0 Å². The van der Waals surface area contributed by atoms with Crippen LogP contribution in [0.3, 0.4) is 0 Å². The molecule has 2 aromatic carbocycles. The summed E-state index contributed by atoms with van der Waals surface area (Å²) < 4.78 is 11.3. The van der Waals surface area contributed by atoms with Gasteiger partial charge in [-0.05, 0) is 36.6 Å². The lowest BCUT2D eigenvalue weighted by Crippen LogP contribution is -2.31. The van der Waals surface area contributed by atoms with Gasteiger partial charge in [0.25, 0.3) is 5.91 Å². The van der Waals surface area contributed by atoms with Gasteiger partial charge in [0.05, 0.1) is 6.10 Å². The van der Waals surface area contributed by atoms with Crippen molar-refractivity contribution in [3.63, 3.8) is 0 Å². The third-order valence-corrected chi connectivity index (χ3v) is 4.27. The molecule has 1 saturated heterocycles. The number of carbonyl (C=O) groups is 1. The minimum absolute atomic E-state index is 0.154. The largest absolute Gasteiger partial charge is 0.491 e. The Balaban J connectivity index is 1.52. The molecule has 1 heterocycles. The van der Waals surface area contributed by atoms with Crippen LogP contribution in [0.5, 0.6) is 5.75 Å². The summed E-state index contributed by atoms with van der Waals surface area (Å²) in [6.07, 6.45) is 2.26. The molecule has 2 aromatic rings. The zero-order valence-electron chi connectivity index (χ0n) is 14.2. The van der Waals surface area contributed by atoms with E-state index in [0.717, 1.165) is 25.0 Å². The molecular weight excluding hydrogens is 316 g/mol. The van der Waals surface area contributed by atoms with Crippen LogP contribution in [0.1, 0.15) is 34.8 Å². The maximum atomic E-state index is 12.3. The highest BCUT2D eigenvalue weighted by atomic mass is 16.5. The molecule has 5 heteroatoms. The van der Waals surface area contributed by atoms with Crippen molar-refractivity contribution >= 4 is 5.91 Å². The number of hydrogen-bond acceptors (Lipinski definition) is 4. The third-order valence-electron chi connectivity index (χ3n) is 4.27. The second-order valence-electron chi connectivity index (χ2n) is 6.20. The molecule has 2 atom stereocenters. The highest BCUT2D eigenvalue weighted by Crippen LogP contribution is 2.17. The first kappa shape index (κ1) is 17.5. The van der Waals surface area contributed by atoms with Crippen molar-refractivity contribution in [2.45, 2.75) is 25.0 Å². The number of ether oxygens (including phenoxy) is 2. The number of benzene rings is 2. The molecule has 0 aromatic heterocycles. The molecule has 0 radical (unpaired) electrons. The number of nitrogens with two attached hydrogens (primary N) is 1.